The Morgan fingerprint density at radius 1 is 1.13 bits per heavy atom. The molecule has 0 bridgehead atoms. The minimum Gasteiger partial charge on any atom is -0.495 e. The van der Waals surface area contributed by atoms with Gasteiger partial charge in [0.2, 0.25) is 0 Å². The van der Waals surface area contributed by atoms with Gasteiger partial charge in [-0.05, 0) is 68.0 Å². The van der Waals surface area contributed by atoms with Gasteiger partial charge in [0, 0.05) is 23.8 Å². The Balaban J connectivity index is 1.46. The highest BCUT2D eigenvalue weighted by Gasteiger charge is 2.31. The fourth-order valence-electron chi connectivity index (χ4n) is 3.65. The Bertz CT molecular complexity index is 881. The van der Waals surface area contributed by atoms with Crippen molar-refractivity contribution in [3.63, 3.8) is 0 Å². The van der Waals surface area contributed by atoms with Crippen molar-refractivity contribution in [2.24, 2.45) is 5.92 Å². The summed E-state index contributed by atoms with van der Waals surface area (Å²) in [6.07, 6.45) is -1.04. The summed E-state index contributed by atoms with van der Waals surface area (Å²) in [5.74, 6) is 0.613. The van der Waals surface area contributed by atoms with Crippen molar-refractivity contribution < 1.29 is 22.7 Å². The van der Waals surface area contributed by atoms with E-state index in [2.05, 4.69) is 10.6 Å². The normalized spacial score (nSPS) is 19.2. The number of benzene rings is 2. The lowest BCUT2D eigenvalue weighted by Gasteiger charge is -2.29. The highest BCUT2D eigenvalue weighted by atomic mass is 35.5. The fourth-order valence-corrected chi connectivity index (χ4v) is 3.91. The number of alkyl halides is 3. The molecule has 1 saturated carbocycles. The first kappa shape index (κ1) is 22.3. The van der Waals surface area contributed by atoms with Gasteiger partial charge in [-0.15, -0.1) is 0 Å². The maximum absolute atomic E-state index is 12.8. The Morgan fingerprint density at radius 2 is 1.87 bits per heavy atom. The van der Waals surface area contributed by atoms with Crippen LogP contribution in [0.1, 0.15) is 41.6 Å². The van der Waals surface area contributed by atoms with Crippen LogP contribution in [0.3, 0.4) is 0 Å². The molecule has 1 aliphatic rings. The summed E-state index contributed by atoms with van der Waals surface area (Å²) in [6.45, 7) is 0.789. The number of carbonyl (C=O) groups is 1. The maximum Gasteiger partial charge on any atom is 0.416 e. The van der Waals surface area contributed by atoms with Crippen LogP contribution in [0.15, 0.2) is 42.5 Å². The molecule has 0 unspecified atom stereocenters. The number of halogens is 4. The second-order valence-electron chi connectivity index (χ2n) is 7.50. The van der Waals surface area contributed by atoms with Gasteiger partial charge in [-0.1, -0.05) is 17.7 Å². The van der Waals surface area contributed by atoms with E-state index in [1.54, 1.807) is 7.11 Å². The number of hydrogen-bond donors (Lipinski definition) is 2. The first-order valence-electron chi connectivity index (χ1n) is 9.82. The topological polar surface area (TPSA) is 50.4 Å². The van der Waals surface area contributed by atoms with Crippen molar-refractivity contribution in [3.8, 4) is 5.75 Å². The van der Waals surface area contributed by atoms with Gasteiger partial charge in [0.15, 0.2) is 0 Å². The average Bonchev–Trinajstić information content (AvgIpc) is 2.73. The minimum atomic E-state index is -4.46. The smallest absolute Gasteiger partial charge is 0.416 e. The van der Waals surface area contributed by atoms with Crippen LogP contribution in [0.5, 0.6) is 5.75 Å². The first-order chi connectivity index (χ1) is 14.3. The minimum absolute atomic E-state index is 0.0290. The van der Waals surface area contributed by atoms with Gasteiger partial charge in [0.05, 0.1) is 17.7 Å². The molecule has 30 heavy (non-hydrogen) atoms. The summed E-state index contributed by atoms with van der Waals surface area (Å²) >= 11 is 6.14. The quantitative estimate of drug-likeness (QED) is 0.599. The van der Waals surface area contributed by atoms with E-state index < -0.39 is 17.6 Å². The zero-order valence-electron chi connectivity index (χ0n) is 16.6. The Morgan fingerprint density at radius 3 is 2.50 bits per heavy atom. The van der Waals surface area contributed by atoms with Crippen LogP contribution in [0.25, 0.3) is 0 Å². The Kier molecular flexibility index (Phi) is 7.13. The fraction of sp³-hybridized carbons (Fsp3) is 0.409. The summed E-state index contributed by atoms with van der Waals surface area (Å²) in [4.78, 5) is 12.4. The highest BCUT2D eigenvalue weighted by molar-refractivity contribution is 6.32. The number of rotatable bonds is 6. The molecule has 1 fully saturated rings. The summed E-state index contributed by atoms with van der Waals surface area (Å²) in [6, 6.07) is 10.0. The van der Waals surface area contributed by atoms with Gasteiger partial charge in [-0.3, -0.25) is 4.79 Å². The summed E-state index contributed by atoms with van der Waals surface area (Å²) in [5.41, 5.74) is 0.134. The number of methoxy groups -OCH3 is 1. The van der Waals surface area contributed by atoms with E-state index in [1.165, 1.54) is 12.1 Å². The monoisotopic (exact) mass is 440 g/mol. The maximum atomic E-state index is 12.8. The van der Waals surface area contributed by atoms with Crippen molar-refractivity contribution >= 4 is 23.2 Å². The number of carbonyl (C=O) groups excluding carboxylic acids is 1. The zero-order chi connectivity index (χ0) is 21.7. The van der Waals surface area contributed by atoms with Crippen molar-refractivity contribution in [2.45, 2.75) is 37.9 Å². The number of ether oxygens (including phenoxy) is 1. The lowest BCUT2D eigenvalue weighted by molar-refractivity contribution is -0.137. The second-order valence-corrected chi connectivity index (χ2v) is 7.91. The molecular formula is C22H24ClF3N2O2. The number of amides is 1. The van der Waals surface area contributed by atoms with Crippen LogP contribution in [-0.2, 0) is 6.18 Å². The van der Waals surface area contributed by atoms with Crippen LogP contribution in [0.4, 0.5) is 18.9 Å². The van der Waals surface area contributed by atoms with Crippen molar-refractivity contribution in [2.75, 3.05) is 19.0 Å². The molecule has 4 nitrogen and oxygen atoms in total. The number of hydrogen-bond acceptors (Lipinski definition) is 3. The number of anilines is 1. The van der Waals surface area contributed by atoms with E-state index >= 15 is 0 Å². The molecule has 0 radical (unpaired) electrons. The summed E-state index contributed by atoms with van der Waals surface area (Å²) < 4.78 is 43.7. The molecule has 0 spiro atoms. The molecule has 0 atom stereocenters. The molecule has 0 saturated heterocycles. The van der Waals surface area contributed by atoms with Gasteiger partial charge in [0.1, 0.15) is 5.75 Å². The van der Waals surface area contributed by atoms with Crippen molar-refractivity contribution in [3.05, 3.63) is 58.6 Å². The van der Waals surface area contributed by atoms with Crippen LogP contribution >= 0.6 is 11.6 Å². The van der Waals surface area contributed by atoms with E-state index in [0.717, 1.165) is 50.0 Å². The highest BCUT2D eigenvalue weighted by Crippen LogP contribution is 2.31. The van der Waals surface area contributed by atoms with E-state index in [0.29, 0.717) is 16.7 Å². The van der Waals surface area contributed by atoms with E-state index in [1.807, 2.05) is 18.2 Å². The van der Waals surface area contributed by atoms with Gasteiger partial charge in [-0.2, -0.15) is 13.2 Å². The molecule has 8 heteroatoms. The van der Waals surface area contributed by atoms with E-state index in [4.69, 9.17) is 16.3 Å². The summed E-state index contributed by atoms with van der Waals surface area (Å²) in [5, 5.41) is 6.79. The third-order valence-corrected chi connectivity index (χ3v) is 5.68. The van der Waals surface area contributed by atoms with Crippen LogP contribution < -0.4 is 15.4 Å². The molecule has 0 aliphatic heterocycles. The zero-order valence-corrected chi connectivity index (χ0v) is 17.3. The molecular weight excluding hydrogens is 417 g/mol. The lowest BCUT2D eigenvalue weighted by Crippen LogP contribution is -2.38. The lowest BCUT2D eigenvalue weighted by atomic mass is 9.86. The van der Waals surface area contributed by atoms with Crippen LogP contribution in [-0.4, -0.2) is 25.6 Å². The molecule has 1 amide bonds. The third kappa shape index (κ3) is 5.81. The molecule has 3 rings (SSSR count). The largest absolute Gasteiger partial charge is 0.495 e. The Hall–Kier alpha value is -2.41. The SMILES string of the molecule is COc1ccc(NCC2CCC(NC(=O)c3cccc(C(F)(F)F)c3)CC2)cc1Cl. The molecule has 2 N–H and O–H groups in total. The molecule has 2 aromatic rings. The molecule has 0 aromatic heterocycles. The van der Waals surface area contributed by atoms with Crippen molar-refractivity contribution in [1.29, 1.82) is 0 Å². The third-order valence-electron chi connectivity index (χ3n) is 5.38. The molecule has 1 aliphatic carbocycles. The predicted octanol–water partition coefficient (Wildman–Crippen LogP) is 5.77. The van der Waals surface area contributed by atoms with Gasteiger partial charge in [0.25, 0.3) is 5.91 Å². The van der Waals surface area contributed by atoms with Crippen LogP contribution in [0, 0.1) is 5.92 Å². The van der Waals surface area contributed by atoms with Crippen LogP contribution in [0.2, 0.25) is 5.02 Å². The molecule has 2 aromatic carbocycles. The second kappa shape index (κ2) is 9.60. The number of nitrogens with one attached hydrogen (secondary N) is 2. The molecule has 162 valence electrons. The first-order valence-corrected chi connectivity index (χ1v) is 10.2. The van der Waals surface area contributed by atoms with E-state index in [-0.39, 0.29) is 11.6 Å². The molecule has 0 heterocycles. The standard InChI is InChI=1S/C22H24ClF3N2O2/c1-30-20-10-9-18(12-19(20)23)27-13-14-5-7-17(8-6-14)28-21(29)15-3-2-4-16(11-15)22(24,25)26/h2-4,9-12,14,17,27H,5-8,13H2,1H3,(H,28,29). The summed E-state index contributed by atoms with van der Waals surface area (Å²) in [7, 11) is 1.57. The Labute approximate surface area is 178 Å². The predicted molar refractivity (Wildman–Crippen MR) is 111 cm³/mol. The van der Waals surface area contributed by atoms with Gasteiger partial charge < -0.3 is 15.4 Å². The van der Waals surface area contributed by atoms with Gasteiger partial charge >= 0.3 is 6.18 Å². The van der Waals surface area contributed by atoms with E-state index in [9.17, 15) is 18.0 Å². The average molecular weight is 441 g/mol. The van der Waals surface area contributed by atoms with Crippen molar-refractivity contribution in [1.82, 2.24) is 5.32 Å². The van der Waals surface area contributed by atoms with Gasteiger partial charge in [-0.25, -0.2) is 0 Å².